The van der Waals surface area contributed by atoms with Crippen LogP contribution in [-0.4, -0.2) is 6.10 Å². The minimum absolute atomic E-state index is 0.367. The Bertz CT molecular complexity index is 253. The molecular formula is C11H14O. The Labute approximate surface area is 73.4 Å². The summed E-state index contributed by atoms with van der Waals surface area (Å²) in [6.07, 6.45) is 0.818. The van der Waals surface area contributed by atoms with Gasteiger partial charge in [-0.2, -0.15) is 0 Å². The second-order valence-electron chi connectivity index (χ2n) is 3.68. The van der Waals surface area contributed by atoms with Crippen LogP contribution in [0.2, 0.25) is 0 Å². The zero-order valence-corrected chi connectivity index (χ0v) is 7.53. The van der Waals surface area contributed by atoms with Gasteiger partial charge in [0.15, 0.2) is 0 Å². The van der Waals surface area contributed by atoms with Crippen molar-refractivity contribution >= 4 is 0 Å². The van der Waals surface area contributed by atoms with E-state index >= 15 is 0 Å². The molecule has 0 aromatic heterocycles. The number of benzene rings is 1. The second kappa shape index (κ2) is 2.91. The van der Waals surface area contributed by atoms with Crippen LogP contribution >= 0.6 is 0 Å². The van der Waals surface area contributed by atoms with Gasteiger partial charge in [0, 0.05) is 0 Å². The van der Waals surface area contributed by atoms with Gasteiger partial charge in [0.05, 0.1) is 6.10 Å². The van der Waals surface area contributed by atoms with Gasteiger partial charge in [-0.15, -0.1) is 0 Å². The summed E-state index contributed by atoms with van der Waals surface area (Å²) in [5, 5.41) is 0. The number of ether oxygens (including phenoxy) is 1. The molecule has 0 spiro atoms. The Morgan fingerprint density at radius 2 is 1.83 bits per heavy atom. The van der Waals surface area contributed by atoms with Crippen LogP contribution in [0.3, 0.4) is 0 Å². The van der Waals surface area contributed by atoms with Gasteiger partial charge in [-0.3, -0.25) is 0 Å². The SMILES string of the molecule is CC(C)[C@@H]1O[C@H]1c1ccccc1. The van der Waals surface area contributed by atoms with Crippen molar-refractivity contribution in [1.82, 2.24) is 0 Å². The Balaban J connectivity index is 2.06. The van der Waals surface area contributed by atoms with E-state index in [1.807, 2.05) is 6.07 Å². The summed E-state index contributed by atoms with van der Waals surface area (Å²) in [5.74, 6) is 0.634. The molecule has 2 atom stereocenters. The van der Waals surface area contributed by atoms with Gasteiger partial charge in [0.2, 0.25) is 0 Å². The van der Waals surface area contributed by atoms with E-state index < -0.39 is 0 Å². The monoisotopic (exact) mass is 162 g/mol. The van der Waals surface area contributed by atoms with E-state index in [-0.39, 0.29) is 0 Å². The standard InChI is InChI=1S/C11H14O/c1-8(2)10-11(12-10)9-6-4-3-5-7-9/h3-8,10-11H,1-2H3/t10-,11-/m0/s1. The van der Waals surface area contributed by atoms with E-state index in [1.165, 1.54) is 5.56 Å². The Morgan fingerprint density at radius 3 is 2.33 bits per heavy atom. The molecule has 0 aliphatic carbocycles. The van der Waals surface area contributed by atoms with Gasteiger partial charge in [-0.25, -0.2) is 0 Å². The van der Waals surface area contributed by atoms with E-state index in [0.717, 1.165) is 0 Å². The molecule has 1 saturated heterocycles. The van der Waals surface area contributed by atoms with Crippen molar-refractivity contribution in [2.45, 2.75) is 26.1 Å². The molecule has 1 aliphatic rings. The van der Waals surface area contributed by atoms with E-state index in [0.29, 0.717) is 18.1 Å². The topological polar surface area (TPSA) is 12.5 Å². The van der Waals surface area contributed by atoms with Gasteiger partial charge in [-0.05, 0) is 11.5 Å². The zero-order valence-electron chi connectivity index (χ0n) is 7.53. The van der Waals surface area contributed by atoms with Crippen LogP contribution in [0.4, 0.5) is 0 Å². The summed E-state index contributed by atoms with van der Waals surface area (Å²) in [4.78, 5) is 0. The van der Waals surface area contributed by atoms with Crippen molar-refractivity contribution in [2.75, 3.05) is 0 Å². The highest BCUT2D eigenvalue weighted by atomic mass is 16.6. The molecular weight excluding hydrogens is 148 g/mol. The Morgan fingerprint density at radius 1 is 1.17 bits per heavy atom. The summed E-state index contributed by atoms with van der Waals surface area (Å²) < 4.78 is 5.56. The fraction of sp³-hybridized carbons (Fsp3) is 0.455. The predicted octanol–water partition coefficient (Wildman–Crippen LogP) is 2.78. The Hall–Kier alpha value is -0.820. The quantitative estimate of drug-likeness (QED) is 0.609. The minimum atomic E-state index is 0.367. The molecule has 1 aromatic rings. The van der Waals surface area contributed by atoms with Crippen molar-refractivity contribution in [3.63, 3.8) is 0 Å². The molecule has 1 aliphatic heterocycles. The highest BCUT2D eigenvalue weighted by Crippen LogP contribution is 2.42. The van der Waals surface area contributed by atoms with Gasteiger partial charge in [0.25, 0.3) is 0 Å². The Kier molecular flexibility index (Phi) is 1.89. The van der Waals surface area contributed by atoms with Gasteiger partial charge < -0.3 is 4.74 Å². The van der Waals surface area contributed by atoms with Crippen molar-refractivity contribution in [1.29, 1.82) is 0 Å². The van der Waals surface area contributed by atoms with Gasteiger partial charge in [-0.1, -0.05) is 44.2 Å². The molecule has 1 fully saturated rings. The maximum absolute atomic E-state index is 5.56. The maximum Gasteiger partial charge on any atom is 0.109 e. The maximum atomic E-state index is 5.56. The van der Waals surface area contributed by atoms with E-state index in [2.05, 4.69) is 38.1 Å². The summed E-state index contributed by atoms with van der Waals surface area (Å²) in [6, 6.07) is 10.4. The normalized spacial score (nSPS) is 27.6. The molecule has 0 bridgehead atoms. The predicted molar refractivity (Wildman–Crippen MR) is 48.9 cm³/mol. The zero-order chi connectivity index (χ0) is 8.55. The van der Waals surface area contributed by atoms with E-state index in [4.69, 9.17) is 4.74 Å². The van der Waals surface area contributed by atoms with E-state index in [1.54, 1.807) is 0 Å². The second-order valence-corrected chi connectivity index (χ2v) is 3.68. The lowest BCUT2D eigenvalue weighted by Gasteiger charge is -1.97. The molecule has 1 heterocycles. The molecule has 2 rings (SSSR count). The fourth-order valence-corrected chi connectivity index (χ4v) is 1.54. The first-order valence-corrected chi connectivity index (χ1v) is 4.49. The summed E-state index contributed by atoms with van der Waals surface area (Å²) in [5.41, 5.74) is 1.32. The average Bonchev–Trinajstić information content (AvgIpc) is 2.84. The first-order chi connectivity index (χ1) is 5.79. The summed E-state index contributed by atoms with van der Waals surface area (Å²) >= 11 is 0. The third kappa shape index (κ3) is 1.37. The number of hydrogen-bond acceptors (Lipinski definition) is 1. The van der Waals surface area contributed by atoms with Crippen molar-refractivity contribution in [3.8, 4) is 0 Å². The number of rotatable bonds is 2. The van der Waals surface area contributed by atoms with Crippen LogP contribution in [0.5, 0.6) is 0 Å². The number of epoxide rings is 1. The fourth-order valence-electron chi connectivity index (χ4n) is 1.54. The van der Waals surface area contributed by atoms with Crippen LogP contribution in [0.25, 0.3) is 0 Å². The molecule has 0 N–H and O–H groups in total. The van der Waals surface area contributed by atoms with Gasteiger partial charge in [0.1, 0.15) is 6.10 Å². The third-order valence-corrected chi connectivity index (χ3v) is 2.31. The van der Waals surface area contributed by atoms with Crippen LogP contribution in [0, 0.1) is 5.92 Å². The van der Waals surface area contributed by atoms with Crippen LogP contribution < -0.4 is 0 Å². The molecule has 1 heteroatoms. The van der Waals surface area contributed by atoms with Gasteiger partial charge >= 0.3 is 0 Å². The van der Waals surface area contributed by atoms with Crippen molar-refractivity contribution in [2.24, 2.45) is 5.92 Å². The van der Waals surface area contributed by atoms with Crippen molar-refractivity contribution < 1.29 is 4.74 Å². The molecule has 1 aromatic carbocycles. The first kappa shape index (κ1) is 7.81. The first-order valence-electron chi connectivity index (χ1n) is 4.49. The van der Waals surface area contributed by atoms with E-state index in [9.17, 15) is 0 Å². The summed E-state index contributed by atoms with van der Waals surface area (Å²) in [7, 11) is 0. The smallest absolute Gasteiger partial charge is 0.109 e. The molecule has 64 valence electrons. The molecule has 0 amide bonds. The lowest BCUT2D eigenvalue weighted by atomic mass is 10.0. The van der Waals surface area contributed by atoms with Crippen molar-refractivity contribution in [3.05, 3.63) is 35.9 Å². The number of hydrogen-bond donors (Lipinski definition) is 0. The third-order valence-electron chi connectivity index (χ3n) is 2.31. The van der Waals surface area contributed by atoms with Crippen LogP contribution in [0.1, 0.15) is 25.5 Å². The molecule has 0 radical (unpaired) electrons. The van der Waals surface area contributed by atoms with Crippen LogP contribution in [-0.2, 0) is 4.74 Å². The lowest BCUT2D eigenvalue weighted by molar-refractivity contribution is 0.336. The highest BCUT2D eigenvalue weighted by Gasteiger charge is 2.41. The molecule has 0 unspecified atom stereocenters. The lowest BCUT2D eigenvalue weighted by Crippen LogP contribution is -1.97. The minimum Gasteiger partial charge on any atom is -0.364 e. The summed E-state index contributed by atoms with van der Waals surface area (Å²) in [6.45, 7) is 4.40. The average molecular weight is 162 g/mol. The molecule has 12 heavy (non-hydrogen) atoms. The largest absolute Gasteiger partial charge is 0.364 e. The van der Waals surface area contributed by atoms with Crippen LogP contribution in [0.15, 0.2) is 30.3 Å². The molecule has 0 saturated carbocycles. The molecule has 1 nitrogen and oxygen atoms in total. The highest BCUT2D eigenvalue weighted by molar-refractivity contribution is 5.22.